The first-order valence-electron chi connectivity index (χ1n) is 9.27. The van der Waals surface area contributed by atoms with Crippen LogP contribution in [0.2, 0.25) is 0 Å². The summed E-state index contributed by atoms with van der Waals surface area (Å²) >= 11 is 0. The monoisotopic (exact) mass is 391 g/mol. The number of ether oxygens (including phenoxy) is 1. The predicted octanol–water partition coefficient (Wildman–Crippen LogP) is 4.38. The Labute approximate surface area is 170 Å². The molecule has 2 aromatic carbocycles. The van der Waals surface area contributed by atoms with Crippen LogP contribution < -0.4 is 20.3 Å². The largest absolute Gasteiger partial charge is 0.487 e. The minimum atomic E-state index is -0.409. The van der Waals surface area contributed by atoms with Crippen LogP contribution in [-0.2, 0) is 6.61 Å². The number of amides is 2. The number of aryl methyl sites for hydroxylation is 2. The van der Waals surface area contributed by atoms with Crippen molar-refractivity contribution in [1.29, 1.82) is 0 Å². The first kappa shape index (κ1) is 20.1. The Morgan fingerprint density at radius 3 is 2.59 bits per heavy atom. The molecule has 0 aliphatic rings. The standard InChI is InChI=1S/C22H25N5O2/c1-15-8-9-20(29-14-17-6-5-7-18(11-17)27(3)4)19(10-15)25-22(28)26-21-13-23-16(2)12-24-21/h5-13H,14H2,1-4H3,(H2,24,25,26,28). The summed E-state index contributed by atoms with van der Waals surface area (Å²) in [6, 6.07) is 13.4. The van der Waals surface area contributed by atoms with Crippen LogP contribution in [0, 0.1) is 13.8 Å². The zero-order chi connectivity index (χ0) is 20.8. The first-order valence-corrected chi connectivity index (χ1v) is 9.27. The summed E-state index contributed by atoms with van der Waals surface area (Å²) in [5, 5.41) is 5.50. The Morgan fingerprint density at radius 2 is 1.86 bits per heavy atom. The van der Waals surface area contributed by atoms with Gasteiger partial charge in [0.15, 0.2) is 5.82 Å². The lowest BCUT2D eigenvalue weighted by molar-refractivity contribution is 0.261. The molecule has 0 aliphatic heterocycles. The summed E-state index contributed by atoms with van der Waals surface area (Å²) in [6.45, 7) is 4.19. The van der Waals surface area contributed by atoms with E-state index in [1.807, 2.05) is 69.2 Å². The number of carbonyl (C=O) groups is 1. The fraction of sp³-hybridized carbons (Fsp3) is 0.227. The molecule has 0 saturated heterocycles. The van der Waals surface area contributed by atoms with Crippen LogP contribution in [-0.4, -0.2) is 30.1 Å². The lowest BCUT2D eigenvalue weighted by Crippen LogP contribution is -2.20. The maximum atomic E-state index is 12.4. The van der Waals surface area contributed by atoms with Crippen LogP contribution in [0.3, 0.4) is 0 Å². The number of carbonyl (C=O) groups excluding carboxylic acids is 1. The van der Waals surface area contributed by atoms with Gasteiger partial charge in [-0.25, -0.2) is 9.78 Å². The highest BCUT2D eigenvalue weighted by Crippen LogP contribution is 2.27. The Bertz CT molecular complexity index is 987. The highest BCUT2D eigenvalue weighted by molar-refractivity contribution is 6.00. The van der Waals surface area contributed by atoms with Crippen molar-refractivity contribution >= 4 is 23.2 Å². The van der Waals surface area contributed by atoms with Crippen molar-refractivity contribution in [2.24, 2.45) is 0 Å². The molecular weight excluding hydrogens is 366 g/mol. The summed E-state index contributed by atoms with van der Waals surface area (Å²) < 4.78 is 5.99. The van der Waals surface area contributed by atoms with Gasteiger partial charge in [-0.1, -0.05) is 18.2 Å². The summed E-state index contributed by atoms with van der Waals surface area (Å²) in [4.78, 5) is 22.7. The van der Waals surface area contributed by atoms with E-state index >= 15 is 0 Å². The molecule has 150 valence electrons. The number of nitrogens with zero attached hydrogens (tertiary/aromatic N) is 3. The summed E-state index contributed by atoms with van der Waals surface area (Å²) in [5.41, 5.74) is 4.53. The molecule has 2 N–H and O–H groups in total. The van der Waals surface area contributed by atoms with Crippen LogP contribution in [0.1, 0.15) is 16.8 Å². The van der Waals surface area contributed by atoms with Crippen LogP contribution in [0.4, 0.5) is 22.0 Å². The molecule has 7 heteroatoms. The molecule has 0 aliphatic carbocycles. The summed E-state index contributed by atoms with van der Waals surface area (Å²) in [7, 11) is 4.00. The van der Waals surface area contributed by atoms with E-state index in [1.165, 1.54) is 6.20 Å². The number of urea groups is 1. The van der Waals surface area contributed by atoms with Gasteiger partial charge in [-0.2, -0.15) is 0 Å². The van der Waals surface area contributed by atoms with E-state index < -0.39 is 6.03 Å². The molecular formula is C22H25N5O2. The predicted molar refractivity (Wildman–Crippen MR) is 116 cm³/mol. The molecule has 29 heavy (non-hydrogen) atoms. The lowest BCUT2D eigenvalue weighted by atomic mass is 10.2. The first-order chi connectivity index (χ1) is 13.9. The fourth-order valence-electron chi connectivity index (χ4n) is 2.68. The average molecular weight is 391 g/mol. The number of benzene rings is 2. The lowest BCUT2D eigenvalue weighted by Gasteiger charge is -2.16. The second-order valence-corrected chi connectivity index (χ2v) is 6.97. The molecule has 3 aromatic rings. The van der Waals surface area contributed by atoms with Crippen LogP contribution >= 0.6 is 0 Å². The number of rotatable bonds is 6. The van der Waals surface area contributed by atoms with Crippen LogP contribution in [0.15, 0.2) is 54.9 Å². The zero-order valence-corrected chi connectivity index (χ0v) is 17.1. The second-order valence-electron chi connectivity index (χ2n) is 6.97. The Morgan fingerprint density at radius 1 is 1.03 bits per heavy atom. The third-order valence-electron chi connectivity index (χ3n) is 4.23. The molecule has 1 aromatic heterocycles. The molecule has 0 spiro atoms. The number of hydrogen-bond acceptors (Lipinski definition) is 5. The number of nitrogens with one attached hydrogen (secondary N) is 2. The fourth-order valence-corrected chi connectivity index (χ4v) is 2.68. The van der Waals surface area contributed by atoms with Crippen molar-refractivity contribution < 1.29 is 9.53 Å². The Kier molecular flexibility index (Phi) is 6.29. The molecule has 0 bridgehead atoms. The van der Waals surface area contributed by atoms with Gasteiger partial charge >= 0.3 is 6.03 Å². The highest BCUT2D eigenvalue weighted by Gasteiger charge is 2.10. The van der Waals surface area contributed by atoms with Gasteiger partial charge < -0.3 is 15.0 Å². The number of hydrogen-bond donors (Lipinski definition) is 2. The number of aromatic nitrogens is 2. The minimum Gasteiger partial charge on any atom is -0.487 e. The van der Waals surface area contributed by atoms with Gasteiger partial charge in [0, 0.05) is 19.8 Å². The third kappa shape index (κ3) is 5.68. The zero-order valence-electron chi connectivity index (χ0n) is 17.1. The minimum absolute atomic E-state index is 0.378. The van der Waals surface area contributed by atoms with E-state index in [-0.39, 0.29) is 0 Å². The summed E-state index contributed by atoms with van der Waals surface area (Å²) in [5.74, 6) is 0.972. The van der Waals surface area contributed by atoms with Gasteiger partial charge in [0.05, 0.1) is 23.8 Å². The topological polar surface area (TPSA) is 79.4 Å². The van der Waals surface area contributed by atoms with Gasteiger partial charge in [-0.05, 0) is 49.2 Å². The average Bonchev–Trinajstić information content (AvgIpc) is 2.69. The molecule has 0 atom stereocenters. The molecule has 2 amide bonds. The van der Waals surface area contributed by atoms with E-state index in [9.17, 15) is 4.79 Å². The SMILES string of the molecule is Cc1ccc(OCc2cccc(N(C)C)c2)c(NC(=O)Nc2cnc(C)cn2)c1. The van der Waals surface area contributed by atoms with E-state index in [1.54, 1.807) is 6.20 Å². The molecule has 0 saturated carbocycles. The van der Waals surface area contributed by atoms with E-state index in [2.05, 4.69) is 26.7 Å². The summed E-state index contributed by atoms with van der Waals surface area (Å²) in [6.07, 6.45) is 3.11. The Balaban J connectivity index is 1.69. The van der Waals surface area contributed by atoms with Crippen molar-refractivity contribution in [2.45, 2.75) is 20.5 Å². The molecule has 7 nitrogen and oxygen atoms in total. The molecule has 1 heterocycles. The normalized spacial score (nSPS) is 10.3. The quantitative estimate of drug-likeness (QED) is 0.652. The van der Waals surface area contributed by atoms with Crippen molar-refractivity contribution in [3.63, 3.8) is 0 Å². The van der Waals surface area contributed by atoms with E-state index in [4.69, 9.17) is 4.74 Å². The van der Waals surface area contributed by atoms with Gasteiger partial charge in [0.2, 0.25) is 0 Å². The van der Waals surface area contributed by atoms with E-state index in [0.717, 1.165) is 22.5 Å². The van der Waals surface area contributed by atoms with Crippen LogP contribution in [0.5, 0.6) is 5.75 Å². The highest BCUT2D eigenvalue weighted by atomic mass is 16.5. The molecule has 3 rings (SSSR count). The second kappa shape index (κ2) is 9.05. The van der Waals surface area contributed by atoms with Gasteiger partial charge in [-0.3, -0.25) is 10.3 Å². The maximum absolute atomic E-state index is 12.4. The van der Waals surface area contributed by atoms with Gasteiger partial charge in [-0.15, -0.1) is 0 Å². The molecule has 0 radical (unpaired) electrons. The van der Waals surface area contributed by atoms with Gasteiger partial charge in [0.1, 0.15) is 12.4 Å². The maximum Gasteiger partial charge on any atom is 0.324 e. The smallest absolute Gasteiger partial charge is 0.324 e. The third-order valence-corrected chi connectivity index (χ3v) is 4.23. The van der Waals surface area contributed by atoms with Crippen LogP contribution in [0.25, 0.3) is 0 Å². The van der Waals surface area contributed by atoms with Crippen molar-refractivity contribution in [3.05, 3.63) is 71.7 Å². The van der Waals surface area contributed by atoms with Crippen molar-refractivity contribution in [3.8, 4) is 5.75 Å². The van der Waals surface area contributed by atoms with Crippen molar-refractivity contribution in [2.75, 3.05) is 29.6 Å². The Hall–Kier alpha value is -3.61. The number of anilines is 3. The molecule has 0 unspecified atom stereocenters. The van der Waals surface area contributed by atoms with Crippen molar-refractivity contribution in [1.82, 2.24) is 9.97 Å². The van der Waals surface area contributed by atoms with E-state index in [0.29, 0.717) is 23.9 Å². The molecule has 0 fully saturated rings. The van der Waals surface area contributed by atoms with Gasteiger partial charge in [0.25, 0.3) is 0 Å².